The summed E-state index contributed by atoms with van der Waals surface area (Å²) in [4.78, 5) is 4.00. The summed E-state index contributed by atoms with van der Waals surface area (Å²) in [6.45, 7) is 0.885. The minimum atomic E-state index is 0.353. The fourth-order valence-corrected chi connectivity index (χ4v) is 2.60. The highest BCUT2D eigenvalue weighted by Gasteiger charge is 2.16. The van der Waals surface area contributed by atoms with Crippen LogP contribution < -0.4 is 0 Å². The molecule has 18 heavy (non-hydrogen) atoms. The number of aromatic nitrogens is 4. The van der Waals surface area contributed by atoms with Crippen LogP contribution in [0.3, 0.4) is 0 Å². The zero-order valence-corrected chi connectivity index (χ0v) is 10.8. The molecule has 3 heterocycles. The number of fused-ring (bicyclic) bond motifs is 1. The van der Waals surface area contributed by atoms with E-state index in [2.05, 4.69) is 15.2 Å². The summed E-state index contributed by atoms with van der Waals surface area (Å²) >= 11 is 6.11. The smallest absolute Gasteiger partial charge is 0.180 e. The molecule has 0 amide bonds. The number of hydrogen-bond donors (Lipinski definition) is 0. The van der Waals surface area contributed by atoms with E-state index in [1.165, 1.54) is 12.8 Å². The highest BCUT2D eigenvalue weighted by molar-refractivity contribution is 6.29. The molecule has 1 fully saturated rings. The van der Waals surface area contributed by atoms with E-state index in [0.717, 1.165) is 31.7 Å². The van der Waals surface area contributed by atoms with Crippen LogP contribution in [-0.4, -0.2) is 32.3 Å². The molecule has 3 rings (SSSR count). The van der Waals surface area contributed by atoms with Crippen molar-refractivity contribution in [2.45, 2.75) is 38.2 Å². The number of hydrogen-bond acceptors (Lipinski definition) is 4. The van der Waals surface area contributed by atoms with Gasteiger partial charge in [0.05, 0.1) is 18.5 Å². The lowest BCUT2D eigenvalue weighted by Crippen LogP contribution is -2.20. The van der Waals surface area contributed by atoms with Crippen molar-refractivity contribution in [3.63, 3.8) is 0 Å². The van der Waals surface area contributed by atoms with Gasteiger partial charge in [0.1, 0.15) is 11.0 Å². The van der Waals surface area contributed by atoms with Crippen LogP contribution in [0.15, 0.2) is 12.4 Å². The summed E-state index contributed by atoms with van der Waals surface area (Å²) in [5.74, 6) is 0.881. The summed E-state index contributed by atoms with van der Waals surface area (Å²) in [5, 5.41) is 8.79. The SMILES string of the molecule is Clc1cncc2nnc(CCC3CCCCO3)n12. The van der Waals surface area contributed by atoms with Gasteiger partial charge in [-0.05, 0) is 25.7 Å². The largest absolute Gasteiger partial charge is 0.378 e. The molecular weight excluding hydrogens is 252 g/mol. The first-order chi connectivity index (χ1) is 8.84. The van der Waals surface area contributed by atoms with Gasteiger partial charge in [0, 0.05) is 13.0 Å². The van der Waals surface area contributed by atoms with Crippen molar-refractivity contribution in [2.24, 2.45) is 0 Å². The third-order valence-corrected chi connectivity index (χ3v) is 3.57. The van der Waals surface area contributed by atoms with Crippen molar-refractivity contribution in [3.8, 4) is 0 Å². The average Bonchev–Trinajstić information content (AvgIpc) is 2.82. The van der Waals surface area contributed by atoms with Crippen LogP contribution in [-0.2, 0) is 11.2 Å². The first kappa shape index (κ1) is 11.9. The van der Waals surface area contributed by atoms with E-state index in [1.54, 1.807) is 12.4 Å². The van der Waals surface area contributed by atoms with Crippen molar-refractivity contribution in [2.75, 3.05) is 6.61 Å². The molecule has 1 aliphatic heterocycles. The van der Waals surface area contributed by atoms with E-state index in [9.17, 15) is 0 Å². The Morgan fingerprint density at radius 2 is 2.28 bits per heavy atom. The van der Waals surface area contributed by atoms with Gasteiger partial charge in [-0.15, -0.1) is 10.2 Å². The van der Waals surface area contributed by atoms with Gasteiger partial charge in [-0.2, -0.15) is 0 Å². The lowest BCUT2D eigenvalue weighted by atomic mass is 10.0. The number of rotatable bonds is 3. The summed E-state index contributed by atoms with van der Waals surface area (Å²) in [6, 6.07) is 0. The van der Waals surface area contributed by atoms with E-state index in [-0.39, 0.29) is 0 Å². The summed E-state index contributed by atoms with van der Waals surface area (Å²) in [5.41, 5.74) is 0.696. The molecule has 96 valence electrons. The van der Waals surface area contributed by atoms with Crippen LogP contribution in [0.5, 0.6) is 0 Å². The maximum absolute atomic E-state index is 6.11. The lowest BCUT2D eigenvalue weighted by Gasteiger charge is -2.22. The Kier molecular flexibility index (Phi) is 3.43. The van der Waals surface area contributed by atoms with E-state index in [1.807, 2.05) is 4.40 Å². The predicted molar refractivity (Wildman–Crippen MR) is 67.7 cm³/mol. The van der Waals surface area contributed by atoms with Gasteiger partial charge in [-0.25, -0.2) is 0 Å². The van der Waals surface area contributed by atoms with Crippen LogP contribution >= 0.6 is 11.6 Å². The lowest BCUT2D eigenvalue weighted by molar-refractivity contribution is 0.0112. The van der Waals surface area contributed by atoms with Crippen molar-refractivity contribution in [3.05, 3.63) is 23.4 Å². The van der Waals surface area contributed by atoms with Gasteiger partial charge >= 0.3 is 0 Å². The highest BCUT2D eigenvalue weighted by Crippen LogP contribution is 2.19. The van der Waals surface area contributed by atoms with Crippen molar-refractivity contribution < 1.29 is 4.74 Å². The third-order valence-electron chi connectivity index (χ3n) is 3.30. The number of halogens is 1. The molecule has 2 aromatic heterocycles. The topological polar surface area (TPSA) is 52.3 Å². The molecule has 1 atom stereocenters. The maximum Gasteiger partial charge on any atom is 0.180 e. The van der Waals surface area contributed by atoms with Crippen molar-refractivity contribution >= 4 is 17.2 Å². The Labute approximate surface area is 110 Å². The standard InChI is InChI=1S/C12H15ClN4O/c13-10-7-14-8-12-16-15-11(17(10)12)5-4-9-3-1-2-6-18-9/h7-9H,1-6H2. The van der Waals surface area contributed by atoms with Crippen LogP contribution in [0.1, 0.15) is 31.5 Å². The molecule has 0 spiro atoms. The number of nitrogens with zero attached hydrogens (tertiary/aromatic N) is 4. The minimum absolute atomic E-state index is 0.353. The van der Waals surface area contributed by atoms with Gasteiger partial charge in [0.25, 0.3) is 0 Å². The molecule has 6 heteroatoms. The van der Waals surface area contributed by atoms with Crippen LogP contribution in [0.25, 0.3) is 5.65 Å². The summed E-state index contributed by atoms with van der Waals surface area (Å²) in [7, 11) is 0. The van der Waals surface area contributed by atoms with Crippen molar-refractivity contribution in [1.29, 1.82) is 0 Å². The maximum atomic E-state index is 6.11. The molecule has 1 unspecified atom stereocenters. The van der Waals surface area contributed by atoms with Gasteiger partial charge in [-0.1, -0.05) is 11.6 Å². The molecular formula is C12H15ClN4O. The molecule has 0 N–H and O–H groups in total. The molecule has 0 aliphatic carbocycles. The van der Waals surface area contributed by atoms with Gasteiger partial charge in [0.2, 0.25) is 0 Å². The zero-order chi connectivity index (χ0) is 12.4. The summed E-state index contributed by atoms with van der Waals surface area (Å²) in [6.07, 6.45) is 9.02. The molecule has 2 aromatic rings. The highest BCUT2D eigenvalue weighted by atomic mass is 35.5. The van der Waals surface area contributed by atoms with Gasteiger partial charge in [-0.3, -0.25) is 9.38 Å². The monoisotopic (exact) mass is 266 g/mol. The Bertz CT molecular complexity index is 536. The molecule has 0 bridgehead atoms. The predicted octanol–water partition coefficient (Wildman–Crippen LogP) is 2.28. The average molecular weight is 267 g/mol. The summed E-state index contributed by atoms with van der Waals surface area (Å²) < 4.78 is 7.56. The Balaban J connectivity index is 1.74. The molecule has 1 saturated heterocycles. The van der Waals surface area contributed by atoms with Gasteiger partial charge < -0.3 is 4.74 Å². The van der Waals surface area contributed by atoms with E-state index < -0.39 is 0 Å². The number of aryl methyl sites for hydroxylation is 1. The first-order valence-corrected chi connectivity index (χ1v) is 6.67. The first-order valence-electron chi connectivity index (χ1n) is 6.30. The molecule has 0 radical (unpaired) electrons. The quantitative estimate of drug-likeness (QED) is 0.855. The van der Waals surface area contributed by atoms with Crippen LogP contribution in [0.2, 0.25) is 5.15 Å². The second-order valence-corrected chi connectivity index (χ2v) is 4.95. The van der Waals surface area contributed by atoms with Crippen molar-refractivity contribution in [1.82, 2.24) is 19.6 Å². The molecule has 5 nitrogen and oxygen atoms in total. The van der Waals surface area contributed by atoms with E-state index >= 15 is 0 Å². The minimum Gasteiger partial charge on any atom is -0.378 e. The van der Waals surface area contributed by atoms with E-state index in [0.29, 0.717) is 16.9 Å². The number of ether oxygens (including phenoxy) is 1. The zero-order valence-electron chi connectivity index (χ0n) is 10.0. The molecule has 0 saturated carbocycles. The Morgan fingerprint density at radius 3 is 3.11 bits per heavy atom. The Morgan fingerprint density at radius 1 is 1.33 bits per heavy atom. The fraction of sp³-hybridized carbons (Fsp3) is 0.583. The second kappa shape index (κ2) is 5.20. The Hall–Kier alpha value is -1.20. The second-order valence-electron chi connectivity index (χ2n) is 4.57. The molecule has 0 aromatic carbocycles. The van der Waals surface area contributed by atoms with Crippen LogP contribution in [0.4, 0.5) is 0 Å². The van der Waals surface area contributed by atoms with E-state index in [4.69, 9.17) is 16.3 Å². The normalized spacial score (nSPS) is 20.4. The molecule has 1 aliphatic rings. The third kappa shape index (κ3) is 2.33. The fourth-order valence-electron chi connectivity index (χ4n) is 2.36. The van der Waals surface area contributed by atoms with Gasteiger partial charge in [0.15, 0.2) is 5.65 Å². The van der Waals surface area contributed by atoms with Crippen LogP contribution in [0, 0.1) is 0 Å².